The molecule has 0 spiro atoms. The lowest BCUT2D eigenvalue weighted by atomic mass is 10.3. The molecule has 4 heteroatoms. The average Bonchev–Trinajstić information content (AvgIpc) is 2.96. The van der Waals surface area contributed by atoms with E-state index in [2.05, 4.69) is 0 Å². The van der Waals surface area contributed by atoms with Crippen LogP contribution in [0.15, 0.2) is 0 Å². The summed E-state index contributed by atoms with van der Waals surface area (Å²) in [5, 5.41) is 17.8. The fourth-order valence-electron chi connectivity index (χ4n) is 1.26. The van der Waals surface area contributed by atoms with Crippen molar-refractivity contribution in [2.24, 2.45) is 5.92 Å². The highest BCUT2D eigenvalue weighted by molar-refractivity contribution is 4.72. The lowest BCUT2D eigenvalue weighted by molar-refractivity contribution is 0.0508. The highest BCUT2D eigenvalue weighted by Crippen LogP contribution is 2.28. The summed E-state index contributed by atoms with van der Waals surface area (Å²) < 4.78 is 5.46. The molecule has 0 amide bonds. The first-order chi connectivity index (χ1) is 6.72. The molecule has 0 heterocycles. The van der Waals surface area contributed by atoms with Crippen LogP contribution in [0.1, 0.15) is 12.8 Å². The highest BCUT2D eigenvalue weighted by atomic mass is 16.5. The molecule has 2 N–H and O–H groups in total. The fraction of sp³-hybridized carbons (Fsp3) is 1.00. The minimum Gasteiger partial charge on any atom is -0.394 e. The molecule has 0 radical (unpaired) electrons. The van der Waals surface area contributed by atoms with E-state index in [-0.39, 0.29) is 6.61 Å². The zero-order valence-corrected chi connectivity index (χ0v) is 8.85. The Morgan fingerprint density at radius 3 is 2.79 bits per heavy atom. The first kappa shape index (κ1) is 11.9. The molecule has 1 saturated carbocycles. The van der Waals surface area contributed by atoms with E-state index in [0.29, 0.717) is 13.2 Å². The molecular weight excluding hydrogens is 182 g/mol. The van der Waals surface area contributed by atoms with Crippen molar-refractivity contribution in [3.05, 3.63) is 0 Å². The molecule has 0 saturated heterocycles. The Morgan fingerprint density at radius 1 is 1.50 bits per heavy atom. The second-order valence-corrected chi connectivity index (χ2v) is 4.12. The highest BCUT2D eigenvalue weighted by Gasteiger charge is 2.20. The molecule has 0 aromatic carbocycles. The maximum absolute atomic E-state index is 9.15. The molecular formula is C10H21NO3. The molecule has 1 aliphatic carbocycles. The Kier molecular flexibility index (Phi) is 5.40. The predicted molar refractivity (Wildman–Crippen MR) is 54.1 cm³/mol. The number of aliphatic hydroxyl groups excluding tert-OH is 2. The Hall–Kier alpha value is -0.160. The van der Waals surface area contributed by atoms with Gasteiger partial charge in [0.25, 0.3) is 0 Å². The van der Waals surface area contributed by atoms with Crippen molar-refractivity contribution in [2.75, 3.05) is 40.0 Å². The summed E-state index contributed by atoms with van der Waals surface area (Å²) in [6.45, 7) is 2.74. The van der Waals surface area contributed by atoms with Gasteiger partial charge in [-0.15, -0.1) is 0 Å². The van der Waals surface area contributed by atoms with Crippen LogP contribution in [0.2, 0.25) is 0 Å². The predicted octanol–water partition coefficient (Wildman–Crippen LogP) is -0.302. The van der Waals surface area contributed by atoms with Gasteiger partial charge in [0.1, 0.15) is 0 Å². The number of aliphatic hydroxyl groups is 2. The summed E-state index contributed by atoms with van der Waals surface area (Å²) in [7, 11) is 1.92. The summed E-state index contributed by atoms with van der Waals surface area (Å²) in [5.41, 5.74) is 0. The van der Waals surface area contributed by atoms with Crippen molar-refractivity contribution in [3.8, 4) is 0 Å². The normalized spacial score (nSPS) is 18.9. The molecule has 0 aliphatic heterocycles. The van der Waals surface area contributed by atoms with Gasteiger partial charge in [-0.05, 0) is 25.8 Å². The van der Waals surface area contributed by atoms with E-state index in [0.717, 1.165) is 19.1 Å². The second kappa shape index (κ2) is 6.35. The topological polar surface area (TPSA) is 52.9 Å². The van der Waals surface area contributed by atoms with Crippen molar-refractivity contribution >= 4 is 0 Å². The van der Waals surface area contributed by atoms with Crippen LogP contribution < -0.4 is 0 Å². The van der Waals surface area contributed by atoms with Gasteiger partial charge in [-0.3, -0.25) is 0 Å². The molecule has 84 valence electrons. The number of hydrogen-bond acceptors (Lipinski definition) is 4. The van der Waals surface area contributed by atoms with Crippen molar-refractivity contribution < 1.29 is 14.9 Å². The van der Waals surface area contributed by atoms with Gasteiger partial charge in [-0.1, -0.05) is 0 Å². The summed E-state index contributed by atoms with van der Waals surface area (Å²) >= 11 is 0. The van der Waals surface area contributed by atoms with Gasteiger partial charge in [0, 0.05) is 19.7 Å². The van der Waals surface area contributed by atoms with Gasteiger partial charge < -0.3 is 19.8 Å². The molecule has 1 aliphatic rings. The molecule has 0 aromatic rings. The number of likely N-dealkylation sites (N-methyl/N-ethyl adjacent to an activating group) is 1. The molecule has 4 nitrogen and oxygen atoms in total. The summed E-state index contributed by atoms with van der Waals surface area (Å²) in [4.78, 5) is 1.97. The summed E-state index contributed by atoms with van der Waals surface area (Å²) in [6, 6.07) is 0. The minimum atomic E-state index is -0.636. The first-order valence-corrected chi connectivity index (χ1v) is 5.27. The standard InChI is InChI=1S/C10H21NO3/c1-11(6-10(13)7-12)4-5-14-8-9-2-3-9/h9-10,12-13H,2-8H2,1H3. The number of hydrogen-bond donors (Lipinski definition) is 2. The van der Waals surface area contributed by atoms with Crippen molar-refractivity contribution in [1.29, 1.82) is 0 Å². The van der Waals surface area contributed by atoms with E-state index in [1.807, 2.05) is 11.9 Å². The van der Waals surface area contributed by atoms with Gasteiger partial charge in [0.2, 0.25) is 0 Å². The Bertz CT molecular complexity index is 150. The molecule has 0 aromatic heterocycles. The number of nitrogens with zero attached hydrogens (tertiary/aromatic N) is 1. The Morgan fingerprint density at radius 2 is 2.21 bits per heavy atom. The second-order valence-electron chi connectivity index (χ2n) is 4.12. The summed E-state index contributed by atoms with van der Waals surface area (Å²) in [6.07, 6.45) is 2.00. The van der Waals surface area contributed by atoms with Crippen molar-refractivity contribution in [1.82, 2.24) is 4.90 Å². The lowest BCUT2D eigenvalue weighted by Crippen LogP contribution is -2.33. The van der Waals surface area contributed by atoms with Crippen LogP contribution in [0.5, 0.6) is 0 Å². The van der Waals surface area contributed by atoms with Crippen LogP contribution in [0.25, 0.3) is 0 Å². The van der Waals surface area contributed by atoms with Crippen LogP contribution >= 0.6 is 0 Å². The number of ether oxygens (including phenoxy) is 1. The van der Waals surface area contributed by atoms with Crippen LogP contribution in [0.4, 0.5) is 0 Å². The van der Waals surface area contributed by atoms with Gasteiger partial charge in [0.05, 0.1) is 19.3 Å². The maximum Gasteiger partial charge on any atom is 0.0897 e. The van der Waals surface area contributed by atoms with Gasteiger partial charge in [0.15, 0.2) is 0 Å². The smallest absolute Gasteiger partial charge is 0.0897 e. The molecule has 14 heavy (non-hydrogen) atoms. The largest absolute Gasteiger partial charge is 0.394 e. The van der Waals surface area contributed by atoms with Crippen LogP contribution in [0.3, 0.4) is 0 Å². The molecule has 1 atom stereocenters. The van der Waals surface area contributed by atoms with E-state index >= 15 is 0 Å². The fourth-order valence-corrected chi connectivity index (χ4v) is 1.26. The monoisotopic (exact) mass is 203 g/mol. The van der Waals surface area contributed by atoms with Crippen LogP contribution in [-0.4, -0.2) is 61.2 Å². The Balaban J connectivity index is 1.88. The van der Waals surface area contributed by atoms with E-state index in [1.54, 1.807) is 0 Å². The average molecular weight is 203 g/mol. The molecule has 1 fully saturated rings. The Labute approximate surface area is 85.5 Å². The zero-order valence-electron chi connectivity index (χ0n) is 8.85. The summed E-state index contributed by atoms with van der Waals surface area (Å²) in [5.74, 6) is 0.809. The van der Waals surface area contributed by atoms with E-state index < -0.39 is 6.10 Å². The molecule has 1 unspecified atom stereocenters. The van der Waals surface area contributed by atoms with Gasteiger partial charge in [-0.25, -0.2) is 0 Å². The van der Waals surface area contributed by atoms with Crippen molar-refractivity contribution in [2.45, 2.75) is 18.9 Å². The van der Waals surface area contributed by atoms with E-state index in [4.69, 9.17) is 14.9 Å². The lowest BCUT2D eigenvalue weighted by Gasteiger charge is -2.18. The third kappa shape index (κ3) is 5.54. The van der Waals surface area contributed by atoms with Crippen LogP contribution in [0, 0.1) is 5.92 Å². The molecule has 1 rings (SSSR count). The zero-order chi connectivity index (χ0) is 10.4. The van der Waals surface area contributed by atoms with E-state index in [9.17, 15) is 0 Å². The SMILES string of the molecule is CN(CCOCC1CC1)CC(O)CO. The quantitative estimate of drug-likeness (QED) is 0.532. The van der Waals surface area contributed by atoms with Gasteiger partial charge in [-0.2, -0.15) is 0 Å². The maximum atomic E-state index is 9.15. The first-order valence-electron chi connectivity index (χ1n) is 5.27. The van der Waals surface area contributed by atoms with E-state index in [1.165, 1.54) is 12.8 Å². The third-order valence-corrected chi connectivity index (χ3v) is 2.40. The number of rotatable bonds is 8. The minimum absolute atomic E-state index is 0.173. The van der Waals surface area contributed by atoms with Crippen LogP contribution in [-0.2, 0) is 4.74 Å². The van der Waals surface area contributed by atoms with Gasteiger partial charge >= 0.3 is 0 Å². The molecule has 0 bridgehead atoms. The third-order valence-electron chi connectivity index (χ3n) is 2.40. The van der Waals surface area contributed by atoms with Crippen molar-refractivity contribution in [3.63, 3.8) is 0 Å².